The molecule has 0 aliphatic heterocycles. The second kappa shape index (κ2) is 16.0. The maximum atomic E-state index is 6.42. The Morgan fingerprint density at radius 2 is 0.743 bits per heavy atom. The summed E-state index contributed by atoms with van der Waals surface area (Å²) in [5, 5.41) is 12.0. The Labute approximate surface area is 404 Å². The van der Waals surface area contributed by atoms with Crippen LogP contribution in [0, 0.1) is 0 Å². The predicted octanol–water partition coefficient (Wildman–Crippen LogP) is 12.7. The lowest BCUT2D eigenvalue weighted by Crippen LogP contribution is -2.74. The van der Waals surface area contributed by atoms with Gasteiger partial charge >= 0.3 is 0 Å². The number of hydrogen-bond donors (Lipinski definition) is 0. The molecule has 0 aliphatic rings. The third-order valence-corrected chi connectivity index (χ3v) is 18.9. The Bertz CT molecular complexity index is 4140. The lowest BCUT2D eigenvalue weighted by atomic mass is 10.1. The summed E-state index contributed by atoms with van der Waals surface area (Å²) in [5.41, 5.74) is 8.79. The zero-order chi connectivity index (χ0) is 46.2. The molecule has 0 spiro atoms. The van der Waals surface area contributed by atoms with E-state index in [2.05, 4.69) is 240 Å². The summed E-state index contributed by atoms with van der Waals surface area (Å²) in [7, 11) is -2.77. The fourth-order valence-electron chi connectivity index (χ4n) is 11.0. The highest BCUT2D eigenvalue weighted by Gasteiger charge is 2.41. The van der Waals surface area contributed by atoms with Crippen LogP contribution in [-0.2, 0) is 0 Å². The Kier molecular flexibility index (Phi) is 9.12. The third kappa shape index (κ3) is 6.15. The van der Waals surface area contributed by atoms with Crippen molar-refractivity contribution in [2.24, 2.45) is 0 Å². The number of aromatic nitrogens is 5. The first-order valence-electron chi connectivity index (χ1n) is 23.7. The Morgan fingerprint density at radius 1 is 0.300 bits per heavy atom. The van der Waals surface area contributed by atoms with Crippen LogP contribution in [0.5, 0.6) is 0 Å². The highest BCUT2D eigenvalue weighted by Crippen LogP contribution is 2.38. The van der Waals surface area contributed by atoms with Crippen LogP contribution < -0.4 is 20.7 Å². The molecule has 10 aromatic carbocycles. The number of fused-ring (bicyclic) bond motifs is 9. The van der Waals surface area contributed by atoms with Crippen LogP contribution in [0.2, 0.25) is 0 Å². The summed E-state index contributed by atoms with van der Waals surface area (Å²) >= 11 is 0. The Balaban J connectivity index is 0.981. The van der Waals surface area contributed by atoms with Crippen LogP contribution in [0.15, 0.2) is 253 Å². The van der Waals surface area contributed by atoms with Gasteiger partial charge in [0.05, 0.1) is 22.1 Å². The van der Waals surface area contributed by atoms with Crippen molar-refractivity contribution in [1.82, 2.24) is 24.1 Å². The number of nitrogens with zero attached hydrogens (tertiary/aromatic N) is 5. The zero-order valence-corrected chi connectivity index (χ0v) is 38.8. The monoisotopic (exact) mass is 911 g/mol. The van der Waals surface area contributed by atoms with Gasteiger partial charge in [0.25, 0.3) is 0 Å². The first-order chi connectivity index (χ1) is 34.7. The van der Waals surface area contributed by atoms with Gasteiger partial charge in [0.2, 0.25) is 5.95 Å². The molecule has 7 heteroatoms. The molecule has 4 aromatic heterocycles. The van der Waals surface area contributed by atoms with Crippen molar-refractivity contribution < 1.29 is 4.42 Å². The average molecular weight is 912 g/mol. The van der Waals surface area contributed by atoms with Gasteiger partial charge in [-0.3, -0.25) is 4.57 Å². The molecule has 0 saturated carbocycles. The second-order valence-corrected chi connectivity index (χ2v) is 21.8. The first kappa shape index (κ1) is 39.9. The summed E-state index contributed by atoms with van der Waals surface area (Å²) in [6.45, 7) is 0. The molecule has 70 heavy (non-hydrogen) atoms. The van der Waals surface area contributed by atoms with E-state index < -0.39 is 8.07 Å². The minimum Gasteiger partial charge on any atom is -0.456 e. The van der Waals surface area contributed by atoms with Crippen LogP contribution >= 0.6 is 0 Å². The molecule has 0 bridgehead atoms. The van der Waals surface area contributed by atoms with Crippen LogP contribution in [-0.4, -0.2) is 32.2 Å². The molecule has 0 N–H and O–H groups in total. The van der Waals surface area contributed by atoms with E-state index in [1.807, 2.05) is 18.2 Å². The lowest BCUT2D eigenvalue weighted by Gasteiger charge is -2.34. The minimum absolute atomic E-state index is 0.533. The minimum atomic E-state index is -2.77. The van der Waals surface area contributed by atoms with Gasteiger partial charge in [0.15, 0.2) is 19.7 Å². The first-order valence-corrected chi connectivity index (χ1v) is 25.7. The Morgan fingerprint density at radius 3 is 1.34 bits per heavy atom. The molecule has 328 valence electrons. The van der Waals surface area contributed by atoms with Gasteiger partial charge in [0, 0.05) is 49.1 Å². The van der Waals surface area contributed by atoms with Crippen LogP contribution in [0.25, 0.3) is 100.0 Å². The van der Waals surface area contributed by atoms with Gasteiger partial charge < -0.3 is 8.98 Å². The van der Waals surface area contributed by atoms with E-state index in [9.17, 15) is 0 Å². The fraction of sp³-hybridized carbons (Fsp3) is 0. The summed E-state index contributed by atoms with van der Waals surface area (Å²) < 4.78 is 11.0. The Hall–Kier alpha value is -9.17. The topological polar surface area (TPSA) is 61.7 Å². The van der Waals surface area contributed by atoms with Crippen LogP contribution in [0.3, 0.4) is 0 Å². The largest absolute Gasteiger partial charge is 0.456 e. The zero-order valence-electron chi connectivity index (χ0n) is 37.8. The van der Waals surface area contributed by atoms with E-state index in [-0.39, 0.29) is 0 Å². The van der Waals surface area contributed by atoms with Gasteiger partial charge in [-0.25, -0.2) is 4.98 Å². The van der Waals surface area contributed by atoms with Crippen molar-refractivity contribution in [3.63, 3.8) is 0 Å². The molecular weight excluding hydrogens is 871 g/mol. The van der Waals surface area contributed by atoms with Gasteiger partial charge in [0.1, 0.15) is 11.2 Å². The molecule has 0 saturated heterocycles. The van der Waals surface area contributed by atoms with E-state index in [1.54, 1.807) is 0 Å². The van der Waals surface area contributed by atoms with Crippen molar-refractivity contribution in [2.75, 3.05) is 0 Å². The summed E-state index contributed by atoms with van der Waals surface area (Å²) in [4.78, 5) is 16.1. The van der Waals surface area contributed by atoms with E-state index in [0.29, 0.717) is 17.6 Å². The smallest absolute Gasteiger partial charge is 0.238 e. The molecule has 0 atom stereocenters. The number of para-hydroxylation sites is 4. The van der Waals surface area contributed by atoms with Crippen molar-refractivity contribution in [3.8, 4) is 34.4 Å². The number of rotatable bonds is 8. The summed E-state index contributed by atoms with van der Waals surface area (Å²) in [6.07, 6.45) is 0. The van der Waals surface area contributed by atoms with Crippen molar-refractivity contribution >= 4 is 94.4 Å². The fourth-order valence-corrected chi connectivity index (χ4v) is 15.8. The van der Waals surface area contributed by atoms with Crippen LogP contribution in [0.1, 0.15) is 0 Å². The van der Waals surface area contributed by atoms with Crippen molar-refractivity contribution in [1.29, 1.82) is 0 Å². The SMILES string of the molecule is c1ccc([Si](c2ccccc2)(c2ccccc2)c2ccc(-c3nc(-c4ccc5c(c4)oc4ccccc45)nc(-n4c5ccccc5c5cc(-n6c7ccccc7c7ccccc76)ccc54)n3)cc2)cc1. The molecule has 0 radical (unpaired) electrons. The van der Waals surface area contributed by atoms with E-state index in [4.69, 9.17) is 19.4 Å². The van der Waals surface area contributed by atoms with E-state index in [0.717, 1.165) is 60.6 Å². The molecule has 4 heterocycles. The molecule has 0 amide bonds. The quantitative estimate of drug-likeness (QED) is 0.113. The third-order valence-electron chi connectivity index (χ3n) is 14.2. The van der Waals surface area contributed by atoms with Crippen molar-refractivity contribution in [2.45, 2.75) is 0 Å². The van der Waals surface area contributed by atoms with Gasteiger partial charge in [-0.05, 0) is 75.3 Å². The van der Waals surface area contributed by atoms with E-state index >= 15 is 0 Å². The molecular formula is C63H41N5OSi. The maximum Gasteiger partial charge on any atom is 0.238 e. The van der Waals surface area contributed by atoms with Gasteiger partial charge in [-0.15, -0.1) is 0 Å². The number of hydrogen-bond acceptors (Lipinski definition) is 4. The maximum absolute atomic E-state index is 6.42. The average Bonchev–Trinajstić information content (AvgIpc) is 4.09. The standard InChI is InChI=1S/C63H41N5OSi/c1-4-18-45(19-5-1)70(46-20-6-2-7-21-46,47-22-8-3-9-23-47)48-36-32-42(33-37-48)61-64-62(43-34-38-53-52-27-13-17-31-59(52)69-60(53)40-43)66-63(65-61)68-57-30-16-12-26-51(57)54-41-44(35-39-58(54)68)67-55-28-14-10-24-49(55)50-25-11-15-29-56(50)67/h1-41H. The van der Waals surface area contributed by atoms with Gasteiger partial charge in [-0.1, -0.05) is 194 Å². The predicted molar refractivity (Wildman–Crippen MR) is 290 cm³/mol. The molecule has 0 aliphatic carbocycles. The highest BCUT2D eigenvalue weighted by atomic mass is 28.3. The molecule has 0 fully saturated rings. The molecule has 14 rings (SSSR count). The summed E-state index contributed by atoms with van der Waals surface area (Å²) in [6, 6.07) is 89.1. The summed E-state index contributed by atoms with van der Waals surface area (Å²) in [5.74, 6) is 1.67. The van der Waals surface area contributed by atoms with Crippen molar-refractivity contribution in [3.05, 3.63) is 249 Å². The van der Waals surface area contributed by atoms with Gasteiger partial charge in [-0.2, -0.15) is 9.97 Å². The lowest BCUT2D eigenvalue weighted by molar-refractivity contribution is 0.669. The molecule has 14 aromatic rings. The second-order valence-electron chi connectivity index (χ2n) is 17.9. The molecule has 0 unspecified atom stereocenters. The molecule has 6 nitrogen and oxygen atoms in total. The number of benzene rings is 10. The highest BCUT2D eigenvalue weighted by molar-refractivity contribution is 7.19. The van der Waals surface area contributed by atoms with E-state index in [1.165, 1.54) is 42.6 Å². The van der Waals surface area contributed by atoms with Crippen LogP contribution in [0.4, 0.5) is 0 Å². The normalized spacial score (nSPS) is 12.0. The number of furan rings is 1.